The molecule has 3 N–H and O–H groups in total. The number of carboxylic acid groups (broad SMARTS) is 1. The molecule has 0 spiro atoms. The number of nitrogens with one attached hydrogen (secondary N) is 2. The van der Waals surface area contributed by atoms with Crippen LogP contribution in [0.15, 0.2) is 103 Å². The highest BCUT2D eigenvalue weighted by atomic mass is 16.5. The minimum atomic E-state index is -1.22. The quantitative estimate of drug-likeness (QED) is 0.0810. The van der Waals surface area contributed by atoms with E-state index in [2.05, 4.69) is 66.5 Å². The van der Waals surface area contributed by atoms with Crippen LogP contribution in [-0.2, 0) is 32.6 Å². The van der Waals surface area contributed by atoms with E-state index in [-0.39, 0.29) is 24.4 Å². The summed E-state index contributed by atoms with van der Waals surface area (Å²) in [5.74, 6) is -1.04. The Morgan fingerprint density at radius 3 is 2.02 bits per heavy atom. The summed E-state index contributed by atoms with van der Waals surface area (Å²) in [6.45, 7) is 9.28. The summed E-state index contributed by atoms with van der Waals surface area (Å²) in [4.78, 5) is 48.9. The van der Waals surface area contributed by atoms with E-state index in [0.717, 1.165) is 47.3 Å². The molecule has 0 saturated carbocycles. The Hall–Kier alpha value is -5.61. The van der Waals surface area contributed by atoms with Gasteiger partial charge in [-0.05, 0) is 64.8 Å². The number of nitrogens with zero attached hydrogens (tertiary/aromatic N) is 2. The van der Waals surface area contributed by atoms with Crippen LogP contribution in [0.3, 0.4) is 0 Å². The van der Waals surface area contributed by atoms with Crippen LogP contribution in [0.2, 0.25) is 0 Å². The largest absolute Gasteiger partial charge is 0.497 e. The molecule has 57 heavy (non-hydrogen) atoms. The molecule has 1 aliphatic rings. The first-order valence-corrected chi connectivity index (χ1v) is 19.9. The predicted octanol–water partition coefficient (Wildman–Crippen LogP) is 8.30. The Morgan fingerprint density at radius 1 is 0.807 bits per heavy atom. The SMILES string of the molecule is CCCCCCCOC1C=CC(c2cnc(-c3ccc(C[C@H](NC(=O)c4ccc(C(C)(C)C)cc4)C(=O)NC(Cc4ccc(OC)cc4)C(=O)O)cc3)nc2)=CC1. The van der Waals surface area contributed by atoms with Crippen LogP contribution in [-0.4, -0.2) is 64.8 Å². The highest BCUT2D eigenvalue weighted by Crippen LogP contribution is 2.25. The summed E-state index contributed by atoms with van der Waals surface area (Å²) in [5.41, 5.74) is 5.62. The van der Waals surface area contributed by atoms with Crippen molar-refractivity contribution in [1.82, 2.24) is 20.6 Å². The second kappa shape index (κ2) is 20.5. The standard InChI is InChI=1S/C47H56N4O6/c1-6-7-8-9-10-27-57-40-25-19-34(20-26-40)37-30-48-43(49-31-37)35-15-11-32(12-16-35)28-41(50-44(52)36-17-21-38(22-18-36)47(2,3)4)45(53)51-42(46(54)55)29-33-13-23-39(56-5)24-14-33/h11-25,30-31,40-42H,6-10,26-29H2,1-5H3,(H,50,52)(H,51,53)(H,54,55)/t40?,41-,42?/m0/s1. The molecule has 1 aromatic heterocycles. The first-order chi connectivity index (χ1) is 27.4. The van der Waals surface area contributed by atoms with Crippen LogP contribution in [0.4, 0.5) is 0 Å². The molecule has 0 fully saturated rings. The van der Waals surface area contributed by atoms with Crippen LogP contribution in [0.25, 0.3) is 17.0 Å². The maximum atomic E-state index is 13.8. The zero-order valence-electron chi connectivity index (χ0n) is 33.8. The zero-order valence-corrected chi connectivity index (χ0v) is 33.8. The molecule has 300 valence electrons. The normalized spacial score (nSPS) is 15.0. The fourth-order valence-electron chi connectivity index (χ4n) is 6.57. The van der Waals surface area contributed by atoms with Crippen LogP contribution in [0.5, 0.6) is 5.75 Å². The lowest BCUT2D eigenvalue weighted by molar-refractivity contribution is -0.142. The molecule has 3 aromatic carbocycles. The molecule has 2 amide bonds. The molecule has 1 heterocycles. The maximum Gasteiger partial charge on any atom is 0.326 e. The summed E-state index contributed by atoms with van der Waals surface area (Å²) < 4.78 is 11.3. The topological polar surface area (TPSA) is 140 Å². The minimum Gasteiger partial charge on any atom is -0.497 e. The third kappa shape index (κ3) is 12.7. The molecule has 0 saturated heterocycles. The van der Waals surface area contributed by atoms with Gasteiger partial charge >= 0.3 is 5.97 Å². The van der Waals surface area contributed by atoms with E-state index in [1.807, 2.05) is 48.8 Å². The molecular weight excluding hydrogens is 717 g/mol. The van der Waals surface area contributed by atoms with Crippen molar-refractivity contribution in [3.8, 4) is 17.1 Å². The van der Waals surface area contributed by atoms with Crippen molar-refractivity contribution in [3.63, 3.8) is 0 Å². The summed E-state index contributed by atoms with van der Waals surface area (Å²) in [7, 11) is 1.55. The number of carboxylic acids is 1. The van der Waals surface area contributed by atoms with Gasteiger partial charge in [0.25, 0.3) is 5.91 Å². The van der Waals surface area contributed by atoms with E-state index >= 15 is 0 Å². The van der Waals surface area contributed by atoms with Gasteiger partial charge in [0.05, 0.1) is 13.2 Å². The van der Waals surface area contributed by atoms with Gasteiger partial charge in [0.1, 0.15) is 17.8 Å². The number of carbonyl (C=O) groups is 3. The molecule has 4 aromatic rings. The van der Waals surface area contributed by atoms with Gasteiger partial charge in [0.15, 0.2) is 5.82 Å². The number of aliphatic carboxylic acids is 1. The minimum absolute atomic E-state index is 0.0508. The fraction of sp³-hybridized carbons (Fsp3) is 0.383. The van der Waals surface area contributed by atoms with Gasteiger partial charge in [-0.3, -0.25) is 9.59 Å². The van der Waals surface area contributed by atoms with E-state index in [1.54, 1.807) is 43.5 Å². The van der Waals surface area contributed by atoms with Crippen LogP contribution < -0.4 is 15.4 Å². The lowest BCUT2D eigenvalue weighted by atomic mass is 9.86. The van der Waals surface area contributed by atoms with Crippen molar-refractivity contribution < 1.29 is 29.0 Å². The third-order valence-corrected chi connectivity index (χ3v) is 10.1. The summed E-state index contributed by atoms with van der Waals surface area (Å²) >= 11 is 0. The molecule has 0 radical (unpaired) electrons. The number of rotatable bonds is 19. The van der Waals surface area contributed by atoms with Crippen molar-refractivity contribution in [2.45, 2.75) is 103 Å². The van der Waals surface area contributed by atoms with Gasteiger partial charge in [-0.25, -0.2) is 14.8 Å². The van der Waals surface area contributed by atoms with Crippen molar-refractivity contribution in [2.75, 3.05) is 13.7 Å². The Labute approximate surface area is 336 Å². The maximum absolute atomic E-state index is 13.8. The van der Waals surface area contributed by atoms with Gasteiger partial charge in [0.2, 0.25) is 5.91 Å². The van der Waals surface area contributed by atoms with Crippen molar-refractivity contribution in [2.24, 2.45) is 0 Å². The predicted molar refractivity (Wildman–Crippen MR) is 224 cm³/mol. The highest BCUT2D eigenvalue weighted by Gasteiger charge is 2.28. The van der Waals surface area contributed by atoms with Crippen molar-refractivity contribution in [3.05, 3.63) is 131 Å². The monoisotopic (exact) mass is 772 g/mol. The first kappa shape index (κ1) is 42.5. The second-order valence-electron chi connectivity index (χ2n) is 15.6. The van der Waals surface area contributed by atoms with Crippen molar-refractivity contribution >= 4 is 23.4 Å². The molecule has 0 bridgehead atoms. The van der Waals surface area contributed by atoms with Crippen molar-refractivity contribution in [1.29, 1.82) is 0 Å². The number of unbranched alkanes of at least 4 members (excludes halogenated alkanes) is 4. The van der Waals surface area contributed by atoms with Gasteiger partial charge < -0.3 is 25.2 Å². The molecule has 3 atom stereocenters. The lowest BCUT2D eigenvalue weighted by Crippen LogP contribution is -2.53. The number of hydrogen-bond acceptors (Lipinski definition) is 7. The van der Waals surface area contributed by atoms with E-state index in [4.69, 9.17) is 9.47 Å². The van der Waals surface area contributed by atoms with E-state index in [9.17, 15) is 19.5 Å². The number of allylic oxidation sites excluding steroid dienone is 2. The average molecular weight is 773 g/mol. The number of amides is 2. The number of hydrogen-bond donors (Lipinski definition) is 3. The molecule has 10 heteroatoms. The number of methoxy groups -OCH3 is 1. The smallest absolute Gasteiger partial charge is 0.326 e. The highest BCUT2D eigenvalue weighted by molar-refractivity contribution is 5.98. The molecule has 5 rings (SSSR count). The summed E-state index contributed by atoms with van der Waals surface area (Å²) in [6, 6.07) is 19.4. The van der Waals surface area contributed by atoms with Crippen LogP contribution in [0.1, 0.15) is 98.8 Å². The number of aromatic nitrogens is 2. The van der Waals surface area contributed by atoms with Gasteiger partial charge in [-0.2, -0.15) is 0 Å². The number of carbonyl (C=O) groups excluding carboxylic acids is 2. The molecule has 2 unspecified atom stereocenters. The van der Waals surface area contributed by atoms with E-state index < -0.39 is 29.9 Å². The Balaban J connectivity index is 1.25. The summed E-state index contributed by atoms with van der Waals surface area (Å²) in [5, 5.41) is 15.6. The second-order valence-corrected chi connectivity index (χ2v) is 15.6. The van der Waals surface area contributed by atoms with Crippen LogP contribution >= 0.6 is 0 Å². The van der Waals surface area contributed by atoms with E-state index in [0.29, 0.717) is 22.7 Å². The van der Waals surface area contributed by atoms with E-state index in [1.165, 1.54) is 25.7 Å². The Kier molecular flexibility index (Phi) is 15.3. The third-order valence-electron chi connectivity index (χ3n) is 10.1. The summed E-state index contributed by atoms with van der Waals surface area (Å²) in [6.07, 6.45) is 17.1. The van der Waals surface area contributed by atoms with Crippen LogP contribution in [0, 0.1) is 0 Å². The average Bonchev–Trinajstić information content (AvgIpc) is 3.22. The molecule has 0 aliphatic heterocycles. The lowest BCUT2D eigenvalue weighted by Gasteiger charge is -2.22. The molecular formula is C47H56N4O6. The molecule has 1 aliphatic carbocycles. The van der Waals surface area contributed by atoms with Gasteiger partial charge in [-0.1, -0.05) is 120 Å². The van der Waals surface area contributed by atoms with Gasteiger partial charge in [-0.15, -0.1) is 0 Å². The number of benzene rings is 3. The van der Waals surface area contributed by atoms with Gasteiger partial charge in [0, 0.05) is 48.5 Å². The first-order valence-electron chi connectivity index (χ1n) is 19.9. The molecule has 10 nitrogen and oxygen atoms in total. The Bertz CT molecular complexity index is 1980. The number of ether oxygens (including phenoxy) is 2. The Morgan fingerprint density at radius 2 is 1.44 bits per heavy atom. The fourth-order valence-corrected chi connectivity index (χ4v) is 6.57. The zero-order chi connectivity index (χ0) is 40.8.